The zero-order chi connectivity index (χ0) is 26.0. The van der Waals surface area contributed by atoms with Crippen LogP contribution in [0, 0.1) is 11.6 Å². The molecule has 0 aliphatic carbocycles. The van der Waals surface area contributed by atoms with E-state index in [1.807, 2.05) is 0 Å². The predicted molar refractivity (Wildman–Crippen MR) is 135 cm³/mol. The van der Waals surface area contributed by atoms with Crippen molar-refractivity contribution in [2.24, 2.45) is 0 Å². The van der Waals surface area contributed by atoms with Crippen LogP contribution in [-0.4, -0.2) is 66.3 Å². The summed E-state index contributed by atoms with van der Waals surface area (Å²) in [6.07, 6.45) is 4.61. The van der Waals surface area contributed by atoms with Gasteiger partial charge < -0.3 is 19.4 Å². The second-order valence-electron chi connectivity index (χ2n) is 10.5. The molecule has 2 fully saturated rings. The van der Waals surface area contributed by atoms with Crippen molar-refractivity contribution in [2.75, 3.05) is 39.8 Å². The number of nitrogens with zero attached hydrogens (tertiary/aromatic N) is 3. The monoisotopic (exact) mass is 511 g/mol. The number of carbonyl (C=O) groups excluding carboxylic acids is 2. The Bertz CT molecular complexity index is 1150. The van der Waals surface area contributed by atoms with E-state index in [0.717, 1.165) is 63.9 Å². The molecular weight excluding hydrogens is 476 g/mol. The highest BCUT2D eigenvalue weighted by Gasteiger charge is 2.42. The molecule has 3 aliphatic rings. The Kier molecular flexibility index (Phi) is 7.58. The maximum Gasteiger partial charge on any atom is 0.249 e. The maximum absolute atomic E-state index is 14.1. The third kappa shape index (κ3) is 5.27. The van der Waals surface area contributed by atoms with Crippen molar-refractivity contribution in [3.63, 3.8) is 0 Å². The van der Waals surface area contributed by atoms with Gasteiger partial charge in [0.15, 0.2) is 11.6 Å². The number of halogens is 2. The molecule has 0 aromatic heterocycles. The minimum absolute atomic E-state index is 0.124. The molecule has 0 saturated carbocycles. The fourth-order valence-electron chi connectivity index (χ4n) is 6.02. The first kappa shape index (κ1) is 25.8. The Hall–Kier alpha value is -2.84. The van der Waals surface area contributed by atoms with Crippen molar-refractivity contribution in [2.45, 2.75) is 56.8 Å². The molecule has 2 aromatic rings. The molecule has 6 nitrogen and oxygen atoms in total. The van der Waals surface area contributed by atoms with Crippen molar-refractivity contribution in [1.82, 2.24) is 14.7 Å². The first-order chi connectivity index (χ1) is 17.9. The van der Waals surface area contributed by atoms with Gasteiger partial charge >= 0.3 is 0 Å². The average molecular weight is 512 g/mol. The highest BCUT2D eigenvalue weighted by Crippen LogP contribution is 2.44. The molecule has 5 rings (SSSR count). The van der Waals surface area contributed by atoms with Gasteiger partial charge in [-0.05, 0) is 67.5 Å². The minimum atomic E-state index is -1.01. The maximum atomic E-state index is 14.1. The number of benzene rings is 2. The number of piperidine rings is 2. The molecule has 1 spiro atoms. The molecule has 2 amide bonds. The largest absolute Gasteiger partial charge is 0.365 e. The van der Waals surface area contributed by atoms with Gasteiger partial charge in [0.25, 0.3) is 0 Å². The summed E-state index contributed by atoms with van der Waals surface area (Å²) in [5.41, 5.74) is 2.76. The lowest BCUT2D eigenvalue weighted by molar-refractivity contribution is -0.147. The van der Waals surface area contributed by atoms with Crippen LogP contribution in [0.1, 0.15) is 61.3 Å². The topological polar surface area (TPSA) is 53.1 Å². The Balaban J connectivity index is 1.18. The molecule has 3 heterocycles. The van der Waals surface area contributed by atoms with E-state index in [0.29, 0.717) is 31.7 Å². The summed E-state index contributed by atoms with van der Waals surface area (Å²) in [5.74, 6) is -2.38. The van der Waals surface area contributed by atoms with Crippen molar-refractivity contribution >= 4 is 11.8 Å². The predicted octanol–water partition coefficient (Wildman–Crippen LogP) is 4.39. The van der Waals surface area contributed by atoms with E-state index in [1.54, 1.807) is 11.9 Å². The van der Waals surface area contributed by atoms with E-state index < -0.39 is 17.7 Å². The van der Waals surface area contributed by atoms with Gasteiger partial charge in [-0.3, -0.25) is 9.59 Å². The summed E-state index contributed by atoms with van der Waals surface area (Å²) in [7, 11) is 1.72. The van der Waals surface area contributed by atoms with E-state index in [-0.39, 0.29) is 17.4 Å². The van der Waals surface area contributed by atoms with Crippen LogP contribution in [0.15, 0.2) is 42.5 Å². The van der Waals surface area contributed by atoms with E-state index in [9.17, 15) is 18.4 Å². The standard InChI is InChI=1S/C29H35F2N3O3/c1-32(14-6-15-33-17-12-29(13-18-33)23-8-3-2-7-22(23)20-37-29)28(36)27(34-16-5-4-9-26(34)35)21-10-11-24(30)25(31)19-21/h2-3,7-8,10-11,19,27H,4-6,9,12-18,20H2,1H3. The van der Waals surface area contributed by atoms with Crippen LogP contribution in [0.2, 0.25) is 0 Å². The van der Waals surface area contributed by atoms with E-state index in [4.69, 9.17) is 4.74 Å². The second kappa shape index (κ2) is 10.9. The highest BCUT2D eigenvalue weighted by atomic mass is 19.2. The molecule has 0 N–H and O–H groups in total. The van der Waals surface area contributed by atoms with Crippen molar-refractivity contribution in [3.05, 3.63) is 70.8 Å². The highest BCUT2D eigenvalue weighted by molar-refractivity contribution is 5.89. The number of amides is 2. The van der Waals surface area contributed by atoms with Crippen LogP contribution in [0.3, 0.4) is 0 Å². The molecule has 3 aliphatic heterocycles. The SMILES string of the molecule is CN(CCCN1CCC2(CC1)OCc1ccccc12)C(=O)C(c1ccc(F)c(F)c1)N1CCCCC1=O. The molecular formula is C29H35F2N3O3. The zero-order valence-corrected chi connectivity index (χ0v) is 21.4. The summed E-state index contributed by atoms with van der Waals surface area (Å²) < 4.78 is 33.9. The molecule has 2 saturated heterocycles. The smallest absolute Gasteiger partial charge is 0.249 e. The minimum Gasteiger partial charge on any atom is -0.365 e. The van der Waals surface area contributed by atoms with Gasteiger partial charge in [0.05, 0.1) is 12.2 Å². The second-order valence-corrected chi connectivity index (χ2v) is 10.5. The third-order valence-electron chi connectivity index (χ3n) is 8.19. The van der Waals surface area contributed by atoms with Gasteiger partial charge in [0, 0.05) is 39.6 Å². The number of hydrogen-bond acceptors (Lipinski definition) is 4. The third-order valence-corrected chi connectivity index (χ3v) is 8.19. The summed E-state index contributed by atoms with van der Waals surface area (Å²) in [5, 5.41) is 0. The molecule has 8 heteroatoms. The van der Waals surface area contributed by atoms with Crippen molar-refractivity contribution < 1.29 is 23.1 Å². The van der Waals surface area contributed by atoms with Gasteiger partial charge in [0.2, 0.25) is 11.8 Å². The Morgan fingerprint density at radius 2 is 1.86 bits per heavy atom. The van der Waals surface area contributed by atoms with Gasteiger partial charge in [-0.1, -0.05) is 30.3 Å². The number of fused-ring (bicyclic) bond motifs is 2. The number of rotatable bonds is 7. The number of hydrogen-bond donors (Lipinski definition) is 0. The number of likely N-dealkylation sites (tertiary alicyclic amines) is 2. The van der Waals surface area contributed by atoms with Crippen LogP contribution < -0.4 is 0 Å². The lowest BCUT2D eigenvalue weighted by Crippen LogP contribution is -2.47. The lowest BCUT2D eigenvalue weighted by Gasteiger charge is -2.39. The fourth-order valence-corrected chi connectivity index (χ4v) is 6.02. The molecule has 0 radical (unpaired) electrons. The quantitative estimate of drug-likeness (QED) is 0.554. The fraction of sp³-hybridized carbons (Fsp3) is 0.517. The van der Waals surface area contributed by atoms with Crippen molar-refractivity contribution in [1.29, 1.82) is 0 Å². The summed E-state index contributed by atoms with van der Waals surface area (Å²) in [6.45, 7) is 4.36. The van der Waals surface area contributed by atoms with Gasteiger partial charge in [-0.25, -0.2) is 8.78 Å². The van der Waals surface area contributed by atoms with Crippen LogP contribution in [0.25, 0.3) is 0 Å². The molecule has 37 heavy (non-hydrogen) atoms. The van der Waals surface area contributed by atoms with E-state index >= 15 is 0 Å². The normalized spacial score (nSPS) is 20.2. The Morgan fingerprint density at radius 3 is 2.62 bits per heavy atom. The summed E-state index contributed by atoms with van der Waals surface area (Å²) in [4.78, 5) is 31.8. The molecule has 198 valence electrons. The molecule has 0 bridgehead atoms. The molecule has 2 aromatic carbocycles. The lowest BCUT2D eigenvalue weighted by atomic mass is 9.84. The van der Waals surface area contributed by atoms with Gasteiger partial charge in [0.1, 0.15) is 6.04 Å². The number of likely N-dealkylation sites (N-methyl/N-ethyl adjacent to an activating group) is 1. The van der Waals surface area contributed by atoms with E-state index in [1.165, 1.54) is 22.1 Å². The van der Waals surface area contributed by atoms with Crippen LogP contribution in [0.5, 0.6) is 0 Å². The van der Waals surface area contributed by atoms with Crippen LogP contribution in [-0.2, 0) is 26.5 Å². The first-order valence-electron chi connectivity index (χ1n) is 13.3. The number of ether oxygens (including phenoxy) is 1. The van der Waals surface area contributed by atoms with Crippen molar-refractivity contribution in [3.8, 4) is 0 Å². The first-order valence-corrected chi connectivity index (χ1v) is 13.3. The average Bonchev–Trinajstić information content (AvgIpc) is 3.26. The zero-order valence-electron chi connectivity index (χ0n) is 21.4. The van der Waals surface area contributed by atoms with E-state index in [2.05, 4.69) is 29.2 Å². The molecule has 1 unspecified atom stereocenters. The van der Waals surface area contributed by atoms with Crippen LogP contribution >= 0.6 is 0 Å². The van der Waals surface area contributed by atoms with Gasteiger partial charge in [-0.2, -0.15) is 0 Å². The summed E-state index contributed by atoms with van der Waals surface area (Å²) in [6, 6.07) is 11.0. The molecule has 1 atom stereocenters. The Labute approximate surface area is 217 Å². The van der Waals surface area contributed by atoms with Gasteiger partial charge in [-0.15, -0.1) is 0 Å². The Morgan fingerprint density at radius 1 is 1.08 bits per heavy atom. The summed E-state index contributed by atoms with van der Waals surface area (Å²) >= 11 is 0. The number of carbonyl (C=O) groups is 2. The van der Waals surface area contributed by atoms with Crippen LogP contribution in [0.4, 0.5) is 8.78 Å².